The average Bonchev–Trinajstić information content (AvgIpc) is 2.21. The fourth-order valence-electron chi connectivity index (χ4n) is 1.09. The van der Waals surface area contributed by atoms with Gasteiger partial charge in [0.1, 0.15) is 12.6 Å². The van der Waals surface area contributed by atoms with Gasteiger partial charge in [0, 0.05) is 13.5 Å². The van der Waals surface area contributed by atoms with Gasteiger partial charge in [-0.3, -0.25) is 9.59 Å². The van der Waals surface area contributed by atoms with E-state index in [-0.39, 0.29) is 13.0 Å². The third-order valence-corrected chi connectivity index (χ3v) is 1.98. The van der Waals surface area contributed by atoms with Crippen LogP contribution in [-0.2, 0) is 14.4 Å². The lowest BCUT2D eigenvalue weighted by molar-refractivity contribution is -0.140. The van der Waals surface area contributed by atoms with Crippen molar-refractivity contribution in [3.05, 3.63) is 0 Å². The minimum absolute atomic E-state index is 0.249. The van der Waals surface area contributed by atoms with Crippen LogP contribution in [0.4, 0.5) is 4.79 Å². The van der Waals surface area contributed by atoms with Crippen molar-refractivity contribution in [2.45, 2.75) is 18.9 Å². The van der Waals surface area contributed by atoms with Crippen molar-refractivity contribution in [2.75, 3.05) is 13.6 Å². The van der Waals surface area contributed by atoms with Gasteiger partial charge in [0.15, 0.2) is 0 Å². The SMILES string of the molecule is CN(CC(N)=O)C(=O)NC(CCC(=O)O)C(=O)O. The molecule has 0 aromatic rings. The minimum Gasteiger partial charge on any atom is -0.481 e. The summed E-state index contributed by atoms with van der Waals surface area (Å²) in [5, 5.41) is 19.3. The van der Waals surface area contributed by atoms with Crippen LogP contribution >= 0.6 is 0 Å². The van der Waals surface area contributed by atoms with Crippen LogP contribution in [0.1, 0.15) is 12.8 Å². The summed E-state index contributed by atoms with van der Waals surface area (Å²) in [4.78, 5) is 44.0. The number of nitrogens with two attached hydrogens (primary N) is 1. The molecule has 9 nitrogen and oxygen atoms in total. The molecule has 0 saturated carbocycles. The monoisotopic (exact) mass is 261 g/mol. The van der Waals surface area contributed by atoms with Gasteiger partial charge in [0.25, 0.3) is 0 Å². The molecule has 0 radical (unpaired) electrons. The predicted molar refractivity (Wildman–Crippen MR) is 58.6 cm³/mol. The highest BCUT2D eigenvalue weighted by Gasteiger charge is 2.22. The lowest BCUT2D eigenvalue weighted by atomic mass is 10.1. The van der Waals surface area contributed by atoms with Gasteiger partial charge in [-0.2, -0.15) is 0 Å². The van der Waals surface area contributed by atoms with E-state index in [1.54, 1.807) is 0 Å². The van der Waals surface area contributed by atoms with E-state index in [0.29, 0.717) is 0 Å². The predicted octanol–water partition coefficient (Wildman–Crippen LogP) is -1.57. The van der Waals surface area contributed by atoms with Crippen LogP contribution in [0.25, 0.3) is 0 Å². The van der Waals surface area contributed by atoms with Crippen molar-refractivity contribution < 1.29 is 29.4 Å². The number of nitrogens with zero attached hydrogens (tertiary/aromatic N) is 1. The maximum absolute atomic E-state index is 11.4. The van der Waals surface area contributed by atoms with Gasteiger partial charge < -0.3 is 26.2 Å². The molecule has 18 heavy (non-hydrogen) atoms. The van der Waals surface area contributed by atoms with Crippen molar-refractivity contribution in [1.29, 1.82) is 0 Å². The largest absolute Gasteiger partial charge is 0.481 e. The number of primary amides is 1. The number of hydrogen-bond donors (Lipinski definition) is 4. The van der Waals surface area contributed by atoms with Crippen LogP contribution in [-0.4, -0.2) is 58.6 Å². The van der Waals surface area contributed by atoms with Gasteiger partial charge in [0.2, 0.25) is 5.91 Å². The van der Waals surface area contributed by atoms with Crippen LogP contribution in [0.2, 0.25) is 0 Å². The third-order valence-electron chi connectivity index (χ3n) is 1.98. The molecule has 5 N–H and O–H groups in total. The molecule has 0 aliphatic carbocycles. The van der Waals surface area contributed by atoms with E-state index in [0.717, 1.165) is 4.90 Å². The number of likely N-dealkylation sites (N-methyl/N-ethyl adjacent to an activating group) is 1. The molecule has 0 aromatic heterocycles. The lowest BCUT2D eigenvalue weighted by Crippen LogP contribution is -2.48. The van der Waals surface area contributed by atoms with Gasteiger partial charge >= 0.3 is 18.0 Å². The Kier molecular flexibility index (Phi) is 6.18. The highest BCUT2D eigenvalue weighted by atomic mass is 16.4. The smallest absolute Gasteiger partial charge is 0.326 e. The number of carboxylic acid groups (broad SMARTS) is 2. The summed E-state index contributed by atoms with van der Waals surface area (Å²) in [7, 11) is 1.26. The fourth-order valence-corrected chi connectivity index (χ4v) is 1.09. The highest BCUT2D eigenvalue weighted by molar-refractivity contribution is 5.86. The number of urea groups is 1. The van der Waals surface area contributed by atoms with Gasteiger partial charge in [-0.1, -0.05) is 0 Å². The van der Waals surface area contributed by atoms with Gasteiger partial charge in [-0.15, -0.1) is 0 Å². The van der Waals surface area contributed by atoms with E-state index in [9.17, 15) is 19.2 Å². The van der Waals surface area contributed by atoms with Crippen molar-refractivity contribution in [2.24, 2.45) is 5.73 Å². The Morgan fingerprint density at radius 1 is 1.28 bits per heavy atom. The highest BCUT2D eigenvalue weighted by Crippen LogP contribution is 1.99. The molecule has 0 aromatic carbocycles. The molecule has 1 unspecified atom stereocenters. The first-order valence-corrected chi connectivity index (χ1v) is 4.98. The zero-order chi connectivity index (χ0) is 14.3. The molecule has 0 fully saturated rings. The van der Waals surface area contributed by atoms with E-state index in [4.69, 9.17) is 15.9 Å². The quantitative estimate of drug-likeness (QED) is 0.434. The van der Waals surface area contributed by atoms with E-state index in [2.05, 4.69) is 5.32 Å². The van der Waals surface area contributed by atoms with Gasteiger partial charge in [0.05, 0.1) is 0 Å². The zero-order valence-corrected chi connectivity index (χ0v) is 9.75. The Morgan fingerprint density at radius 2 is 1.83 bits per heavy atom. The second-order valence-electron chi connectivity index (χ2n) is 3.60. The molecule has 0 aliphatic rings. The third kappa shape index (κ3) is 6.30. The molecule has 0 rings (SSSR count). The summed E-state index contributed by atoms with van der Waals surface area (Å²) in [5.74, 6) is -3.26. The van der Waals surface area contributed by atoms with Gasteiger partial charge in [-0.05, 0) is 6.42 Å². The second-order valence-corrected chi connectivity index (χ2v) is 3.60. The molecule has 0 saturated heterocycles. The maximum atomic E-state index is 11.4. The maximum Gasteiger partial charge on any atom is 0.326 e. The molecule has 0 bridgehead atoms. The Labute approximate surface area is 103 Å². The summed E-state index contributed by atoms with van der Waals surface area (Å²) in [6.07, 6.45) is -0.641. The average molecular weight is 261 g/mol. The lowest BCUT2D eigenvalue weighted by Gasteiger charge is -2.19. The first-order valence-electron chi connectivity index (χ1n) is 4.98. The van der Waals surface area contributed by atoms with E-state index in [1.165, 1.54) is 7.05 Å². The summed E-state index contributed by atoms with van der Waals surface area (Å²) in [6, 6.07) is -2.14. The number of carbonyl (C=O) groups is 4. The van der Waals surface area contributed by atoms with Crippen LogP contribution < -0.4 is 11.1 Å². The standard InChI is InChI=1S/C9H15N3O6/c1-12(4-6(10)13)9(18)11-5(8(16)17)2-3-7(14)15/h5H,2-4H2,1H3,(H2,10,13)(H,11,18)(H,14,15)(H,16,17). The first-order chi connectivity index (χ1) is 8.23. The van der Waals surface area contributed by atoms with E-state index in [1.807, 2.05) is 0 Å². The second kappa shape index (κ2) is 7.09. The van der Waals surface area contributed by atoms with Gasteiger partial charge in [-0.25, -0.2) is 9.59 Å². The fraction of sp³-hybridized carbons (Fsp3) is 0.556. The van der Waals surface area contributed by atoms with Crippen LogP contribution in [0, 0.1) is 0 Å². The zero-order valence-electron chi connectivity index (χ0n) is 9.75. The first kappa shape index (κ1) is 15.7. The van der Waals surface area contributed by atoms with Crippen LogP contribution in [0.3, 0.4) is 0 Å². The summed E-state index contributed by atoms with van der Waals surface area (Å²) < 4.78 is 0. The van der Waals surface area contributed by atoms with Crippen LogP contribution in [0.5, 0.6) is 0 Å². The number of aliphatic carboxylic acids is 2. The number of carbonyl (C=O) groups excluding carboxylic acids is 2. The number of rotatable bonds is 7. The molecule has 9 heteroatoms. The molecule has 102 valence electrons. The summed E-state index contributed by atoms with van der Waals surface area (Å²) in [6.45, 7) is -0.364. The van der Waals surface area contributed by atoms with E-state index >= 15 is 0 Å². The molecule has 0 aliphatic heterocycles. The Bertz CT molecular complexity index is 356. The molecule has 0 spiro atoms. The Hall–Kier alpha value is -2.32. The molecule has 0 heterocycles. The number of nitrogens with one attached hydrogen (secondary N) is 1. The van der Waals surface area contributed by atoms with E-state index < -0.39 is 36.3 Å². The van der Waals surface area contributed by atoms with Crippen molar-refractivity contribution in [3.63, 3.8) is 0 Å². The number of hydrogen-bond acceptors (Lipinski definition) is 4. The molecular weight excluding hydrogens is 246 g/mol. The van der Waals surface area contributed by atoms with Crippen molar-refractivity contribution in [1.82, 2.24) is 10.2 Å². The van der Waals surface area contributed by atoms with Crippen molar-refractivity contribution >= 4 is 23.9 Å². The minimum atomic E-state index is -1.35. The Morgan fingerprint density at radius 3 is 2.22 bits per heavy atom. The molecular formula is C9H15N3O6. The summed E-state index contributed by atoms with van der Waals surface area (Å²) >= 11 is 0. The summed E-state index contributed by atoms with van der Waals surface area (Å²) in [5.41, 5.74) is 4.87. The molecule has 1 atom stereocenters. The van der Waals surface area contributed by atoms with Crippen LogP contribution in [0.15, 0.2) is 0 Å². The number of amides is 3. The topological polar surface area (TPSA) is 150 Å². The van der Waals surface area contributed by atoms with Crippen molar-refractivity contribution in [3.8, 4) is 0 Å². The normalized spacial score (nSPS) is 11.4. The molecule has 3 amide bonds. The Balaban J connectivity index is 4.40. The number of carboxylic acids is 2.